The molecule has 0 saturated heterocycles. The van der Waals surface area contributed by atoms with E-state index in [-0.39, 0.29) is 12.2 Å². The summed E-state index contributed by atoms with van der Waals surface area (Å²) in [5.41, 5.74) is 0. The van der Waals surface area contributed by atoms with Crippen LogP contribution in [-0.4, -0.2) is 68.5 Å². The first kappa shape index (κ1) is 29.9. The molecule has 40 heavy (non-hydrogen) atoms. The van der Waals surface area contributed by atoms with Crippen LogP contribution in [0.1, 0.15) is 167 Å². The van der Waals surface area contributed by atoms with E-state index in [9.17, 15) is 10.2 Å². The van der Waals surface area contributed by atoms with Gasteiger partial charge in [0.05, 0.1) is 12.2 Å². The lowest BCUT2D eigenvalue weighted by Gasteiger charge is -2.51. The third kappa shape index (κ3) is 7.31. The molecule has 6 rings (SSSR count). The van der Waals surface area contributed by atoms with Gasteiger partial charge in [0.25, 0.3) is 0 Å². The van der Waals surface area contributed by atoms with Crippen LogP contribution in [0.2, 0.25) is 0 Å². The van der Waals surface area contributed by atoms with E-state index in [2.05, 4.69) is 9.80 Å². The molecule has 4 nitrogen and oxygen atoms in total. The maximum absolute atomic E-state index is 10.5. The Kier molecular flexibility index (Phi) is 10.9. The predicted molar refractivity (Wildman–Crippen MR) is 165 cm³/mol. The second kappa shape index (κ2) is 14.5. The lowest BCUT2D eigenvalue weighted by Crippen LogP contribution is -2.54. The monoisotopic (exact) mass is 556 g/mol. The van der Waals surface area contributed by atoms with Crippen molar-refractivity contribution in [3.63, 3.8) is 0 Å². The molecule has 6 saturated carbocycles. The molecule has 0 heterocycles. The second-order valence-electron chi connectivity index (χ2n) is 15.6. The fourth-order valence-corrected chi connectivity index (χ4v) is 11.1. The van der Waals surface area contributed by atoms with Gasteiger partial charge in [-0.3, -0.25) is 9.80 Å². The van der Waals surface area contributed by atoms with Gasteiger partial charge in [-0.2, -0.15) is 0 Å². The van der Waals surface area contributed by atoms with E-state index in [1.807, 2.05) is 0 Å². The fraction of sp³-hybridized carbons (Fsp3) is 1.00. The summed E-state index contributed by atoms with van der Waals surface area (Å²) in [6.45, 7) is 0. The zero-order valence-corrected chi connectivity index (χ0v) is 25.9. The second-order valence-corrected chi connectivity index (χ2v) is 15.6. The maximum atomic E-state index is 10.5. The summed E-state index contributed by atoms with van der Waals surface area (Å²) in [6.07, 6.45) is 35.0. The molecule has 0 radical (unpaired) electrons. The Labute approximate surface area is 247 Å². The molecule has 0 aromatic heterocycles. The molecule has 4 heteroatoms. The Morgan fingerprint density at radius 1 is 0.300 bits per heavy atom. The van der Waals surface area contributed by atoms with Gasteiger partial charge in [-0.05, 0) is 140 Å². The van der Waals surface area contributed by atoms with Crippen LogP contribution in [0.15, 0.2) is 0 Å². The topological polar surface area (TPSA) is 46.9 Å². The summed E-state index contributed by atoms with van der Waals surface area (Å²) in [4.78, 5) is 6.09. The van der Waals surface area contributed by atoms with E-state index in [4.69, 9.17) is 0 Å². The maximum Gasteiger partial charge on any atom is 0.0555 e. The zero-order chi connectivity index (χ0) is 27.3. The highest BCUT2D eigenvalue weighted by atomic mass is 16.3. The van der Waals surface area contributed by atoms with Gasteiger partial charge in [-0.1, -0.05) is 38.5 Å². The Morgan fingerprint density at radius 3 is 1.12 bits per heavy atom. The fourth-order valence-electron chi connectivity index (χ4n) is 11.1. The summed E-state index contributed by atoms with van der Waals surface area (Å²) in [6, 6.07) is 4.62. The lowest BCUT2D eigenvalue weighted by atomic mass is 9.70. The minimum absolute atomic E-state index is 0.0347. The molecule has 6 fully saturated rings. The van der Waals surface area contributed by atoms with Crippen LogP contribution in [0.3, 0.4) is 0 Å². The van der Waals surface area contributed by atoms with E-state index in [1.54, 1.807) is 0 Å². The zero-order valence-electron chi connectivity index (χ0n) is 25.9. The van der Waals surface area contributed by atoms with Gasteiger partial charge in [0.15, 0.2) is 0 Å². The summed E-state index contributed by atoms with van der Waals surface area (Å²) < 4.78 is 0. The van der Waals surface area contributed by atoms with Crippen molar-refractivity contribution in [1.82, 2.24) is 9.80 Å². The quantitative estimate of drug-likeness (QED) is 0.334. The predicted octanol–water partition coefficient (Wildman–Crippen LogP) is 7.98. The van der Waals surface area contributed by atoms with Gasteiger partial charge in [0.1, 0.15) is 0 Å². The first-order chi connectivity index (χ1) is 19.7. The van der Waals surface area contributed by atoms with E-state index >= 15 is 0 Å². The standard InChI is InChI=1S/C36H64N2O2/c39-35-24-22-33(23-25-35)37(29-8-3-1-4-9-29)31-18-14-27(15-19-31)28-16-20-32(21-17-28)38(30-10-5-2-6-11-30)34-12-7-13-36(40)26-34/h27-36,39-40H,1-26H2. The van der Waals surface area contributed by atoms with Crippen LogP contribution in [0, 0.1) is 11.8 Å². The SMILES string of the molecule is OC1CCC(N(C2CCCCC2)C2CCC(C3CCC(N(C4CCCCC4)C4CCCC(O)C4)CC3)CC2)CC1. The molecule has 2 N–H and O–H groups in total. The van der Waals surface area contributed by atoms with Crippen LogP contribution < -0.4 is 0 Å². The van der Waals surface area contributed by atoms with Gasteiger partial charge in [-0.15, -0.1) is 0 Å². The summed E-state index contributed by atoms with van der Waals surface area (Å²) in [7, 11) is 0. The van der Waals surface area contributed by atoms with E-state index in [0.717, 1.165) is 67.7 Å². The highest BCUT2D eigenvalue weighted by Crippen LogP contribution is 2.44. The van der Waals surface area contributed by atoms with Crippen molar-refractivity contribution in [2.24, 2.45) is 11.8 Å². The van der Waals surface area contributed by atoms with Crippen molar-refractivity contribution in [1.29, 1.82) is 0 Å². The van der Waals surface area contributed by atoms with Crippen molar-refractivity contribution < 1.29 is 10.2 Å². The minimum Gasteiger partial charge on any atom is -0.393 e. The average Bonchev–Trinajstić information content (AvgIpc) is 3.00. The van der Waals surface area contributed by atoms with E-state index in [0.29, 0.717) is 6.04 Å². The molecule has 0 spiro atoms. The molecule has 0 aromatic rings. The van der Waals surface area contributed by atoms with Gasteiger partial charge >= 0.3 is 0 Å². The Balaban J connectivity index is 1.03. The van der Waals surface area contributed by atoms with E-state index < -0.39 is 0 Å². The van der Waals surface area contributed by atoms with Crippen molar-refractivity contribution >= 4 is 0 Å². The first-order valence-corrected chi connectivity index (χ1v) is 18.6. The highest BCUT2D eigenvalue weighted by Gasteiger charge is 2.41. The number of aliphatic hydroxyl groups excluding tert-OH is 2. The molecule has 0 bridgehead atoms. The molecule has 2 atom stereocenters. The highest BCUT2D eigenvalue weighted by molar-refractivity contribution is 4.95. The lowest BCUT2D eigenvalue weighted by molar-refractivity contribution is -0.0228. The minimum atomic E-state index is -0.0526. The third-order valence-corrected chi connectivity index (χ3v) is 13.1. The number of nitrogens with zero attached hydrogens (tertiary/aromatic N) is 2. The molecule has 6 aliphatic carbocycles. The molecule has 0 aromatic carbocycles. The summed E-state index contributed by atoms with van der Waals surface area (Å²) in [5.74, 6) is 1.94. The summed E-state index contributed by atoms with van der Waals surface area (Å²) >= 11 is 0. The number of aliphatic hydroxyl groups is 2. The Bertz CT molecular complexity index is 725. The van der Waals surface area contributed by atoms with Gasteiger partial charge < -0.3 is 10.2 Å². The Morgan fingerprint density at radius 2 is 0.675 bits per heavy atom. The van der Waals surface area contributed by atoms with Crippen LogP contribution in [0.5, 0.6) is 0 Å². The van der Waals surface area contributed by atoms with Gasteiger partial charge in [-0.25, -0.2) is 0 Å². The van der Waals surface area contributed by atoms with Crippen molar-refractivity contribution in [2.75, 3.05) is 0 Å². The van der Waals surface area contributed by atoms with E-state index in [1.165, 1.54) is 141 Å². The molecule has 6 aliphatic rings. The molecule has 0 aliphatic heterocycles. The van der Waals surface area contributed by atoms with Crippen LogP contribution in [0.25, 0.3) is 0 Å². The van der Waals surface area contributed by atoms with Crippen LogP contribution in [-0.2, 0) is 0 Å². The van der Waals surface area contributed by atoms with Crippen molar-refractivity contribution in [2.45, 2.75) is 215 Å². The van der Waals surface area contributed by atoms with Gasteiger partial charge in [0.2, 0.25) is 0 Å². The number of hydrogen-bond donors (Lipinski definition) is 2. The molecule has 230 valence electrons. The first-order valence-electron chi connectivity index (χ1n) is 18.6. The Hall–Kier alpha value is -0.160. The van der Waals surface area contributed by atoms with Gasteiger partial charge in [0, 0.05) is 36.3 Å². The third-order valence-electron chi connectivity index (χ3n) is 13.1. The molecule has 2 unspecified atom stereocenters. The largest absolute Gasteiger partial charge is 0.393 e. The van der Waals surface area contributed by atoms with Crippen LogP contribution in [0.4, 0.5) is 0 Å². The molecular weight excluding hydrogens is 492 g/mol. The van der Waals surface area contributed by atoms with Crippen molar-refractivity contribution in [3.05, 3.63) is 0 Å². The van der Waals surface area contributed by atoms with Crippen LogP contribution >= 0.6 is 0 Å². The number of hydrogen-bond acceptors (Lipinski definition) is 4. The number of rotatable bonds is 7. The van der Waals surface area contributed by atoms with Crippen molar-refractivity contribution in [3.8, 4) is 0 Å². The summed E-state index contributed by atoms with van der Waals surface area (Å²) in [5, 5.41) is 20.7. The molecular formula is C36H64N2O2. The average molecular weight is 557 g/mol. The molecule has 0 amide bonds. The normalized spacial score (nSPS) is 41.4. The smallest absolute Gasteiger partial charge is 0.0555 e.